The van der Waals surface area contributed by atoms with E-state index in [1.807, 2.05) is 0 Å². The maximum Gasteiger partial charge on any atom is 0.254 e. The Morgan fingerprint density at radius 1 is 1.69 bits per heavy atom. The average Bonchev–Trinajstić information content (AvgIpc) is 2.82. The molecule has 5 heteroatoms. The minimum Gasteiger partial charge on any atom is -0.472 e. The lowest BCUT2D eigenvalue weighted by Crippen LogP contribution is -2.33. The van der Waals surface area contributed by atoms with Gasteiger partial charge in [0.05, 0.1) is 17.9 Å². The third-order valence-electron chi connectivity index (χ3n) is 2.25. The number of hydrogen-bond acceptors (Lipinski definition) is 4. The zero-order valence-corrected chi connectivity index (χ0v) is 10.4. The first-order chi connectivity index (χ1) is 7.77. The van der Waals surface area contributed by atoms with E-state index in [2.05, 4.69) is 11.6 Å². The van der Waals surface area contributed by atoms with Gasteiger partial charge in [0.1, 0.15) is 6.26 Å². The maximum absolute atomic E-state index is 11.6. The number of rotatable bonds is 7. The first-order valence-corrected chi connectivity index (χ1v) is 6.49. The molecule has 0 aliphatic heterocycles. The molecule has 0 radical (unpaired) electrons. The molecule has 4 nitrogen and oxygen atoms in total. The Kier molecular flexibility index (Phi) is 6.03. The fraction of sp³-hybridized carbons (Fsp3) is 0.545. The van der Waals surface area contributed by atoms with Crippen molar-refractivity contribution in [2.45, 2.75) is 12.5 Å². The minimum atomic E-state index is -0.125. The van der Waals surface area contributed by atoms with E-state index in [0.717, 1.165) is 12.2 Å². The molecule has 16 heavy (non-hydrogen) atoms. The summed E-state index contributed by atoms with van der Waals surface area (Å²) in [6.07, 6.45) is 5.97. The zero-order chi connectivity index (χ0) is 11.8. The number of carbonyl (C=O) groups excluding carboxylic acids is 1. The van der Waals surface area contributed by atoms with E-state index >= 15 is 0 Å². The van der Waals surface area contributed by atoms with E-state index < -0.39 is 0 Å². The number of thioether (sulfide) groups is 1. The smallest absolute Gasteiger partial charge is 0.254 e. The molecule has 0 aliphatic rings. The summed E-state index contributed by atoms with van der Waals surface area (Å²) >= 11 is 1.77. The predicted octanol–water partition coefficient (Wildman–Crippen LogP) is 1.78. The first-order valence-electron chi connectivity index (χ1n) is 5.10. The van der Waals surface area contributed by atoms with Gasteiger partial charge in [0.15, 0.2) is 0 Å². The summed E-state index contributed by atoms with van der Waals surface area (Å²) in [5.41, 5.74) is 0.541. The summed E-state index contributed by atoms with van der Waals surface area (Å²) in [6.45, 7) is 0.529. The van der Waals surface area contributed by atoms with Crippen LogP contribution in [0.25, 0.3) is 0 Å². The molecule has 1 amide bonds. The average molecular weight is 243 g/mol. The lowest BCUT2D eigenvalue weighted by molar-refractivity contribution is 0.0819. The van der Waals surface area contributed by atoms with Crippen LogP contribution < -0.4 is 5.32 Å². The summed E-state index contributed by atoms with van der Waals surface area (Å²) in [6, 6.07) is 1.64. The van der Waals surface area contributed by atoms with Gasteiger partial charge in [0.2, 0.25) is 0 Å². The molecule has 1 N–H and O–H groups in total. The Balaban J connectivity index is 2.29. The van der Waals surface area contributed by atoms with Crippen molar-refractivity contribution in [3.8, 4) is 0 Å². The summed E-state index contributed by atoms with van der Waals surface area (Å²) in [7, 11) is 1.66. The van der Waals surface area contributed by atoms with E-state index in [1.165, 1.54) is 12.5 Å². The van der Waals surface area contributed by atoms with E-state index in [9.17, 15) is 4.79 Å². The van der Waals surface area contributed by atoms with Crippen molar-refractivity contribution in [1.82, 2.24) is 5.32 Å². The molecule has 90 valence electrons. The molecule has 0 aliphatic carbocycles. The second kappa shape index (κ2) is 7.35. The van der Waals surface area contributed by atoms with Crippen LogP contribution in [0.2, 0.25) is 0 Å². The monoisotopic (exact) mass is 243 g/mol. The molecule has 0 saturated heterocycles. The van der Waals surface area contributed by atoms with E-state index in [-0.39, 0.29) is 12.0 Å². The number of amides is 1. The topological polar surface area (TPSA) is 51.5 Å². The fourth-order valence-electron chi connectivity index (χ4n) is 1.25. The zero-order valence-electron chi connectivity index (χ0n) is 9.56. The van der Waals surface area contributed by atoms with Crippen molar-refractivity contribution < 1.29 is 13.9 Å². The molecule has 0 aromatic carbocycles. The van der Waals surface area contributed by atoms with Gasteiger partial charge in [-0.2, -0.15) is 11.8 Å². The molecule has 0 bridgehead atoms. The van der Waals surface area contributed by atoms with Crippen LogP contribution in [0.5, 0.6) is 0 Å². The maximum atomic E-state index is 11.6. The number of ether oxygens (including phenoxy) is 1. The normalized spacial score (nSPS) is 12.4. The Labute approximate surface area is 99.7 Å². The van der Waals surface area contributed by atoms with Crippen LogP contribution in [0.15, 0.2) is 23.0 Å². The molecule has 1 rings (SSSR count). The summed E-state index contributed by atoms with van der Waals surface area (Å²) in [4.78, 5) is 11.6. The molecule has 1 aromatic rings. The van der Waals surface area contributed by atoms with Gasteiger partial charge in [0, 0.05) is 13.7 Å². The Morgan fingerprint density at radius 3 is 3.06 bits per heavy atom. The SMILES string of the molecule is COC(CCSC)CNC(=O)c1ccoc1. The molecule has 0 fully saturated rings. The number of nitrogens with one attached hydrogen (secondary N) is 1. The molecule has 0 spiro atoms. The number of furan rings is 1. The summed E-state index contributed by atoms with van der Waals surface area (Å²) in [5, 5.41) is 2.81. The van der Waals surface area contributed by atoms with Crippen LogP contribution in [0.4, 0.5) is 0 Å². The molecule has 1 aromatic heterocycles. The molecule has 1 heterocycles. The quantitative estimate of drug-likeness (QED) is 0.793. The van der Waals surface area contributed by atoms with Crippen molar-refractivity contribution in [1.29, 1.82) is 0 Å². The fourth-order valence-corrected chi connectivity index (χ4v) is 1.75. The highest BCUT2D eigenvalue weighted by Crippen LogP contribution is 2.04. The molecular formula is C11H17NO3S. The van der Waals surface area contributed by atoms with E-state index in [1.54, 1.807) is 24.9 Å². The van der Waals surface area contributed by atoms with Gasteiger partial charge in [0.25, 0.3) is 5.91 Å². The van der Waals surface area contributed by atoms with Crippen molar-refractivity contribution in [2.75, 3.05) is 25.7 Å². The van der Waals surface area contributed by atoms with Crippen LogP contribution in [0.1, 0.15) is 16.8 Å². The first kappa shape index (κ1) is 13.1. The second-order valence-corrected chi connectivity index (χ2v) is 4.35. The van der Waals surface area contributed by atoms with Crippen molar-refractivity contribution in [3.05, 3.63) is 24.2 Å². The van der Waals surface area contributed by atoms with Gasteiger partial charge in [-0.15, -0.1) is 0 Å². The number of carbonyl (C=O) groups is 1. The van der Waals surface area contributed by atoms with Crippen molar-refractivity contribution in [3.63, 3.8) is 0 Å². The largest absolute Gasteiger partial charge is 0.472 e. The minimum absolute atomic E-state index is 0.0725. The summed E-state index contributed by atoms with van der Waals surface area (Å²) < 4.78 is 10.1. The van der Waals surface area contributed by atoms with E-state index in [4.69, 9.17) is 9.15 Å². The van der Waals surface area contributed by atoms with Crippen LogP contribution in [0, 0.1) is 0 Å². The lowest BCUT2D eigenvalue weighted by atomic mass is 10.2. The Bertz CT molecular complexity index is 300. The highest BCUT2D eigenvalue weighted by atomic mass is 32.2. The van der Waals surface area contributed by atoms with Gasteiger partial charge in [-0.25, -0.2) is 0 Å². The van der Waals surface area contributed by atoms with E-state index in [0.29, 0.717) is 12.1 Å². The van der Waals surface area contributed by atoms with Gasteiger partial charge < -0.3 is 14.5 Å². The van der Waals surface area contributed by atoms with Crippen LogP contribution >= 0.6 is 11.8 Å². The molecular weight excluding hydrogens is 226 g/mol. The molecule has 0 saturated carbocycles. The molecule has 1 unspecified atom stereocenters. The summed E-state index contributed by atoms with van der Waals surface area (Å²) in [5.74, 6) is 0.903. The number of hydrogen-bond donors (Lipinski definition) is 1. The van der Waals surface area contributed by atoms with Crippen LogP contribution in [-0.4, -0.2) is 37.7 Å². The van der Waals surface area contributed by atoms with Gasteiger partial charge >= 0.3 is 0 Å². The number of methoxy groups -OCH3 is 1. The predicted molar refractivity (Wildman–Crippen MR) is 64.8 cm³/mol. The van der Waals surface area contributed by atoms with Gasteiger partial charge in [-0.05, 0) is 24.5 Å². The highest BCUT2D eigenvalue weighted by molar-refractivity contribution is 7.98. The van der Waals surface area contributed by atoms with Crippen molar-refractivity contribution in [2.24, 2.45) is 0 Å². The van der Waals surface area contributed by atoms with Crippen molar-refractivity contribution >= 4 is 17.7 Å². The van der Waals surface area contributed by atoms with Crippen LogP contribution in [0.3, 0.4) is 0 Å². The molecule has 1 atom stereocenters. The highest BCUT2D eigenvalue weighted by Gasteiger charge is 2.11. The standard InChI is InChI=1S/C11H17NO3S/c1-14-10(4-6-16-2)7-12-11(13)9-3-5-15-8-9/h3,5,8,10H,4,6-7H2,1-2H3,(H,12,13). The Morgan fingerprint density at radius 2 is 2.50 bits per heavy atom. The van der Waals surface area contributed by atoms with Gasteiger partial charge in [-0.3, -0.25) is 4.79 Å². The Hall–Kier alpha value is -0.940. The third-order valence-corrected chi connectivity index (χ3v) is 2.89. The lowest BCUT2D eigenvalue weighted by Gasteiger charge is -2.15. The van der Waals surface area contributed by atoms with Gasteiger partial charge in [-0.1, -0.05) is 0 Å². The van der Waals surface area contributed by atoms with Crippen LogP contribution in [-0.2, 0) is 4.74 Å². The second-order valence-electron chi connectivity index (χ2n) is 3.36. The third kappa shape index (κ3) is 4.28.